The van der Waals surface area contributed by atoms with Gasteiger partial charge < -0.3 is 11.1 Å². The Labute approximate surface area is 75.5 Å². The van der Waals surface area contributed by atoms with E-state index in [9.17, 15) is 0 Å². The van der Waals surface area contributed by atoms with Crippen LogP contribution >= 0.6 is 11.6 Å². The van der Waals surface area contributed by atoms with Gasteiger partial charge in [0.05, 0.1) is 11.4 Å². The first-order valence-corrected chi connectivity index (χ1v) is 4.37. The van der Waals surface area contributed by atoms with Crippen LogP contribution in [0.3, 0.4) is 0 Å². The Morgan fingerprint density at radius 1 is 1.58 bits per heavy atom. The van der Waals surface area contributed by atoms with Gasteiger partial charge in [-0.15, -0.1) is 0 Å². The maximum absolute atomic E-state index is 5.73. The van der Waals surface area contributed by atoms with E-state index in [2.05, 4.69) is 15.5 Å². The average Bonchev–Trinajstić information content (AvgIpc) is 2.64. The summed E-state index contributed by atoms with van der Waals surface area (Å²) in [6.07, 6.45) is 1.10. The van der Waals surface area contributed by atoms with E-state index in [1.54, 1.807) is 0 Å². The van der Waals surface area contributed by atoms with Crippen molar-refractivity contribution in [3.8, 4) is 0 Å². The van der Waals surface area contributed by atoms with Gasteiger partial charge in [0.2, 0.25) is 0 Å². The van der Waals surface area contributed by atoms with Gasteiger partial charge in [-0.25, -0.2) is 0 Å². The number of anilines is 1. The highest BCUT2D eigenvalue weighted by Crippen LogP contribution is 2.29. The monoisotopic (exact) mass is 186 g/mol. The molecular weight excluding hydrogens is 176 g/mol. The highest BCUT2D eigenvalue weighted by atomic mass is 35.5. The summed E-state index contributed by atoms with van der Waals surface area (Å²) in [5.41, 5.74) is 7.31. The van der Waals surface area contributed by atoms with Crippen molar-refractivity contribution in [2.45, 2.75) is 12.3 Å². The zero-order chi connectivity index (χ0) is 8.55. The van der Waals surface area contributed by atoms with Gasteiger partial charge in [-0.2, -0.15) is 5.10 Å². The molecule has 0 bridgehead atoms. The topological polar surface area (TPSA) is 66.7 Å². The number of rotatable bonds is 1. The molecular formula is C7H11ClN4. The third-order valence-electron chi connectivity index (χ3n) is 2.26. The first kappa shape index (κ1) is 7.89. The fourth-order valence-corrected chi connectivity index (χ4v) is 1.70. The van der Waals surface area contributed by atoms with Crippen LogP contribution in [0.5, 0.6) is 0 Å². The zero-order valence-electron chi connectivity index (χ0n) is 6.60. The van der Waals surface area contributed by atoms with Crippen LogP contribution in [0.15, 0.2) is 0 Å². The molecule has 66 valence electrons. The van der Waals surface area contributed by atoms with Crippen molar-refractivity contribution >= 4 is 17.3 Å². The molecule has 1 aromatic rings. The van der Waals surface area contributed by atoms with Crippen molar-refractivity contribution in [3.05, 3.63) is 10.8 Å². The summed E-state index contributed by atoms with van der Waals surface area (Å²) in [5.74, 6) is 0.449. The number of nitrogens with one attached hydrogen (secondary N) is 2. The first-order valence-electron chi connectivity index (χ1n) is 3.99. The lowest BCUT2D eigenvalue weighted by Gasteiger charge is -2.05. The summed E-state index contributed by atoms with van der Waals surface area (Å²) in [6, 6.07) is 0. The van der Waals surface area contributed by atoms with Crippen LogP contribution in [0.4, 0.5) is 5.69 Å². The maximum Gasteiger partial charge on any atom is 0.174 e. The summed E-state index contributed by atoms with van der Waals surface area (Å²) >= 11 is 5.72. The molecule has 0 amide bonds. The van der Waals surface area contributed by atoms with Gasteiger partial charge in [-0.1, -0.05) is 11.6 Å². The predicted octanol–water partition coefficient (Wildman–Crippen LogP) is 0.722. The molecule has 1 atom stereocenters. The lowest BCUT2D eigenvalue weighted by atomic mass is 10.0. The zero-order valence-corrected chi connectivity index (χ0v) is 7.36. The fraction of sp³-hybridized carbons (Fsp3) is 0.571. The molecule has 1 aliphatic heterocycles. The molecule has 0 spiro atoms. The van der Waals surface area contributed by atoms with E-state index in [1.165, 1.54) is 0 Å². The van der Waals surface area contributed by atoms with Crippen LogP contribution in [-0.2, 0) is 0 Å². The molecule has 1 saturated heterocycles. The van der Waals surface area contributed by atoms with E-state index >= 15 is 0 Å². The second-order valence-corrected chi connectivity index (χ2v) is 3.39. The van der Waals surface area contributed by atoms with Crippen molar-refractivity contribution in [1.82, 2.24) is 15.5 Å². The van der Waals surface area contributed by atoms with Crippen molar-refractivity contribution in [3.63, 3.8) is 0 Å². The van der Waals surface area contributed by atoms with Crippen LogP contribution in [0.25, 0.3) is 0 Å². The minimum absolute atomic E-state index is 0.386. The minimum atomic E-state index is 0.386. The normalized spacial score (nSPS) is 23.2. The van der Waals surface area contributed by atoms with Crippen molar-refractivity contribution in [2.75, 3.05) is 18.8 Å². The molecule has 2 rings (SSSR count). The SMILES string of the molecule is Nc1c(Cl)n[nH]c1C1CCNC1. The third-order valence-corrected chi connectivity index (χ3v) is 2.54. The smallest absolute Gasteiger partial charge is 0.174 e. The summed E-state index contributed by atoms with van der Waals surface area (Å²) in [5, 5.41) is 10.4. The Bertz CT molecular complexity index is 277. The Morgan fingerprint density at radius 3 is 2.92 bits per heavy atom. The van der Waals surface area contributed by atoms with Gasteiger partial charge in [0.1, 0.15) is 0 Å². The average molecular weight is 187 g/mol. The van der Waals surface area contributed by atoms with E-state index in [0.29, 0.717) is 16.8 Å². The van der Waals surface area contributed by atoms with Crippen LogP contribution in [-0.4, -0.2) is 23.3 Å². The van der Waals surface area contributed by atoms with E-state index in [1.807, 2.05) is 0 Å². The molecule has 2 heterocycles. The van der Waals surface area contributed by atoms with E-state index < -0.39 is 0 Å². The highest BCUT2D eigenvalue weighted by molar-refractivity contribution is 6.31. The lowest BCUT2D eigenvalue weighted by molar-refractivity contribution is 0.731. The molecule has 1 unspecified atom stereocenters. The maximum atomic E-state index is 5.73. The van der Waals surface area contributed by atoms with E-state index in [-0.39, 0.29) is 0 Å². The summed E-state index contributed by atoms with van der Waals surface area (Å²) in [6.45, 7) is 2.00. The predicted molar refractivity (Wildman–Crippen MR) is 48.2 cm³/mol. The number of H-pyrrole nitrogens is 1. The summed E-state index contributed by atoms with van der Waals surface area (Å²) < 4.78 is 0. The summed E-state index contributed by atoms with van der Waals surface area (Å²) in [4.78, 5) is 0. The minimum Gasteiger partial charge on any atom is -0.395 e. The van der Waals surface area contributed by atoms with Gasteiger partial charge in [-0.05, 0) is 13.0 Å². The largest absolute Gasteiger partial charge is 0.395 e. The van der Waals surface area contributed by atoms with Crippen molar-refractivity contribution in [2.24, 2.45) is 0 Å². The number of nitrogens with two attached hydrogens (primary N) is 1. The molecule has 0 aromatic carbocycles. The van der Waals surface area contributed by atoms with E-state index in [4.69, 9.17) is 17.3 Å². The molecule has 4 nitrogen and oxygen atoms in total. The number of halogens is 1. The Balaban J connectivity index is 2.26. The molecule has 0 aliphatic carbocycles. The molecule has 1 aromatic heterocycles. The van der Waals surface area contributed by atoms with Crippen LogP contribution in [0.1, 0.15) is 18.0 Å². The quantitative estimate of drug-likeness (QED) is 0.606. The Kier molecular flexibility index (Phi) is 1.94. The number of nitrogen functional groups attached to an aromatic ring is 1. The van der Waals surface area contributed by atoms with Gasteiger partial charge in [-0.3, -0.25) is 5.10 Å². The third kappa shape index (κ3) is 1.17. The van der Waals surface area contributed by atoms with Gasteiger partial charge in [0.25, 0.3) is 0 Å². The van der Waals surface area contributed by atoms with Gasteiger partial charge in [0, 0.05) is 12.5 Å². The fourth-order valence-electron chi connectivity index (χ4n) is 1.55. The molecule has 5 heteroatoms. The number of nitrogens with zero attached hydrogens (tertiary/aromatic N) is 1. The molecule has 0 radical (unpaired) electrons. The molecule has 4 N–H and O–H groups in total. The van der Waals surface area contributed by atoms with Crippen LogP contribution in [0, 0.1) is 0 Å². The van der Waals surface area contributed by atoms with Crippen LogP contribution < -0.4 is 11.1 Å². The number of aromatic amines is 1. The first-order chi connectivity index (χ1) is 5.79. The van der Waals surface area contributed by atoms with Crippen molar-refractivity contribution in [1.29, 1.82) is 0 Å². The van der Waals surface area contributed by atoms with Gasteiger partial charge in [0.15, 0.2) is 5.15 Å². The van der Waals surface area contributed by atoms with E-state index in [0.717, 1.165) is 25.2 Å². The molecule has 1 fully saturated rings. The summed E-state index contributed by atoms with van der Waals surface area (Å²) in [7, 11) is 0. The second kappa shape index (κ2) is 2.95. The van der Waals surface area contributed by atoms with Gasteiger partial charge >= 0.3 is 0 Å². The standard InChI is InChI=1S/C7H11ClN4/c8-7-5(9)6(11-12-7)4-1-2-10-3-4/h4,10H,1-3,9H2,(H,11,12). The second-order valence-electron chi connectivity index (χ2n) is 3.03. The highest BCUT2D eigenvalue weighted by Gasteiger charge is 2.21. The number of hydrogen-bond donors (Lipinski definition) is 3. The molecule has 0 saturated carbocycles. The molecule has 1 aliphatic rings. The van der Waals surface area contributed by atoms with Crippen LogP contribution in [0.2, 0.25) is 5.15 Å². The number of aromatic nitrogens is 2. The Hall–Kier alpha value is -0.740. The molecule has 12 heavy (non-hydrogen) atoms. The number of hydrogen-bond acceptors (Lipinski definition) is 3. The van der Waals surface area contributed by atoms with Crippen molar-refractivity contribution < 1.29 is 0 Å². The lowest BCUT2D eigenvalue weighted by Crippen LogP contribution is -2.09. The Morgan fingerprint density at radius 2 is 2.42 bits per heavy atom.